The van der Waals surface area contributed by atoms with Crippen molar-refractivity contribution in [3.63, 3.8) is 0 Å². The number of anilines is 2. The standard InChI is InChI=1S/C22H28N6O3.ClH/c29-21-28(19-6-3-13-24-26-19)15-22(31-21)11-9-16(10-12-22)14-23-18-7-8-20(27-25-18)30-17-4-1-2-5-17;/h3,6-8,13,16-17H,1-2,4-5,9-12,14-15H2,(H,23,25);1H. The third-order valence-corrected chi connectivity index (χ3v) is 6.62. The van der Waals surface area contributed by atoms with E-state index >= 15 is 0 Å². The van der Waals surface area contributed by atoms with Gasteiger partial charge in [-0.3, -0.25) is 4.90 Å². The van der Waals surface area contributed by atoms with Gasteiger partial charge in [0.2, 0.25) is 5.88 Å². The number of carbonyl (C=O) groups excluding carboxylic acids is 1. The van der Waals surface area contributed by atoms with Crippen LogP contribution in [0.4, 0.5) is 16.4 Å². The highest BCUT2D eigenvalue weighted by Gasteiger charge is 2.48. The Hall–Kier alpha value is -2.68. The van der Waals surface area contributed by atoms with Crippen molar-refractivity contribution in [2.45, 2.75) is 63.1 Å². The van der Waals surface area contributed by atoms with E-state index < -0.39 is 5.60 Å². The second-order valence-corrected chi connectivity index (χ2v) is 8.82. The highest BCUT2D eigenvalue weighted by Crippen LogP contribution is 2.40. The Kier molecular flexibility index (Phi) is 6.93. The first-order valence-electron chi connectivity index (χ1n) is 11.2. The van der Waals surface area contributed by atoms with Gasteiger partial charge < -0.3 is 14.8 Å². The smallest absolute Gasteiger partial charge is 0.416 e. The first kappa shape index (κ1) is 22.5. The van der Waals surface area contributed by atoms with Crippen LogP contribution in [0.15, 0.2) is 30.5 Å². The molecular weight excluding hydrogens is 432 g/mol. The number of halogens is 1. The molecule has 3 aliphatic rings. The van der Waals surface area contributed by atoms with Gasteiger partial charge in [0.15, 0.2) is 5.82 Å². The number of amides is 1. The summed E-state index contributed by atoms with van der Waals surface area (Å²) in [5, 5.41) is 19.8. The average Bonchev–Trinajstić information content (AvgIpc) is 3.43. The fraction of sp³-hybridized carbons (Fsp3) is 0.591. The third-order valence-electron chi connectivity index (χ3n) is 6.62. The molecule has 2 saturated carbocycles. The summed E-state index contributed by atoms with van der Waals surface area (Å²) in [6.45, 7) is 1.37. The van der Waals surface area contributed by atoms with Gasteiger partial charge in [0, 0.05) is 18.8 Å². The van der Waals surface area contributed by atoms with Crippen molar-refractivity contribution in [3.05, 3.63) is 30.5 Å². The highest BCUT2D eigenvalue weighted by molar-refractivity contribution is 5.89. The lowest BCUT2D eigenvalue weighted by Crippen LogP contribution is -2.39. The number of hydrogen-bond donors (Lipinski definition) is 1. The number of nitrogens with one attached hydrogen (secondary N) is 1. The van der Waals surface area contributed by atoms with Crippen LogP contribution in [0.5, 0.6) is 5.88 Å². The average molecular weight is 461 g/mol. The van der Waals surface area contributed by atoms with Gasteiger partial charge >= 0.3 is 6.09 Å². The summed E-state index contributed by atoms with van der Waals surface area (Å²) in [5.41, 5.74) is -0.413. The Morgan fingerprint density at radius 3 is 2.59 bits per heavy atom. The van der Waals surface area contributed by atoms with Gasteiger partial charge in [-0.1, -0.05) is 0 Å². The number of hydrogen-bond acceptors (Lipinski definition) is 8. The molecule has 1 N–H and O–H groups in total. The van der Waals surface area contributed by atoms with Crippen LogP contribution < -0.4 is 15.0 Å². The molecule has 1 saturated heterocycles. The number of ether oxygens (including phenoxy) is 2. The molecule has 10 heteroatoms. The summed E-state index contributed by atoms with van der Waals surface area (Å²) in [7, 11) is 0. The van der Waals surface area contributed by atoms with E-state index in [1.54, 1.807) is 23.2 Å². The SMILES string of the molecule is Cl.O=C1OC2(CCC(CNc3ccc(OC4CCCC4)nn3)CC2)CN1c1cccnn1. The van der Waals surface area contributed by atoms with Gasteiger partial charge in [0.05, 0.1) is 6.54 Å². The second kappa shape index (κ2) is 9.85. The Labute approximate surface area is 193 Å². The molecule has 3 fully saturated rings. The highest BCUT2D eigenvalue weighted by atomic mass is 35.5. The summed E-state index contributed by atoms with van der Waals surface area (Å²) < 4.78 is 11.7. The van der Waals surface area contributed by atoms with Crippen LogP contribution in [0.1, 0.15) is 51.4 Å². The van der Waals surface area contributed by atoms with E-state index in [9.17, 15) is 4.79 Å². The van der Waals surface area contributed by atoms with Gasteiger partial charge in [0.1, 0.15) is 17.5 Å². The lowest BCUT2D eigenvalue weighted by Gasteiger charge is -2.35. The molecule has 0 atom stereocenters. The maximum atomic E-state index is 12.4. The Bertz CT molecular complexity index is 886. The van der Waals surface area contributed by atoms with Crippen molar-refractivity contribution in [3.8, 4) is 5.88 Å². The molecule has 0 bridgehead atoms. The molecular formula is C22H29ClN6O3. The largest absolute Gasteiger partial charge is 0.473 e. The molecule has 0 radical (unpaired) electrons. The maximum Gasteiger partial charge on any atom is 0.416 e. The van der Waals surface area contributed by atoms with Crippen LogP contribution >= 0.6 is 12.4 Å². The quantitative estimate of drug-likeness (QED) is 0.689. The van der Waals surface area contributed by atoms with Crippen molar-refractivity contribution in [2.75, 3.05) is 23.3 Å². The predicted molar refractivity (Wildman–Crippen MR) is 121 cm³/mol. The van der Waals surface area contributed by atoms with Gasteiger partial charge in [-0.05, 0) is 75.5 Å². The van der Waals surface area contributed by atoms with E-state index in [4.69, 9.17) is 9.47 Å². The van der Waals surface area contributed by atoms with E-state index in [1.165, 1.54) is 12.8 Å². The van der Waals surface area contributed by atoms with E-state index in [-0.39, 0.29) is 24.6 Å². The van der Waals surface area contributed by atoms with Crippen LogP contribution in [-0.4, -0.2) is 51.3 Å². The second-order valence-electron chi connectivity index (χ2n) is 8.82. The first-order valence-corrected chi connectivity index (χ1v) is 11.2. The topological polar surface area (TPSA) is 102 Å². The van der Waals surface area contributed by atoms with Crippen molar-refractivity contribution in [1.82, 2.24) is 20.4 Å². The zero-order valence-electron chi connectivity index (χ0n) is 18.0. The van der Waals surface area contributed by atoms with E-state index in [0.717, 1.165) is 50.9 Å². The van der Waals surface area contributed by atoms with Crippen molar-refractivity contribution < 1.29 is 14.3 Å². The fourth-order valence-corrected chi connectivity index (χ4v) is 4.81. The molecule has 0 unspecified atom stereocenters. The number of carbonyl (C=O) groups is 1. The molecule has 1 amide bonds. The molecule has 1 aliphatic heterocycles. The normalized spacial score (nSPS) is 25.4. The molecule has 0 aromatic carbocycles. The number of nitrogens with zero attached hydrogens (tertiary/aromatic N) is 5. The van der Waals surface area contributed by atoms with Crippen molar-refractivity contribution in [1.29, 1.82) is 0 Å². The maximum absolute atomic E-state index is 12.4. The van der Waals surface area contributed by atoms with E-state index in [1.807, 2.05) is 12.1 Å². The molecule has 1 spiro atoms. The third kappa shape index (κ3) is 5.03. The molecule has 2 aliphatic carbocycles. The zero-order valence-corrected chi connectivity index (χ0v) is 18.8. The summed E-state index contributed by atoms with van der Waals surface area (Å²) in [5.74, 6) is 2.42. The summed E-state index contributed by atoms with van der Waals surface area (Å²) in [6.07, 6.45) is 9.92. The van der Waals surface area contributed by atoms with Gasteiger partial charge in [-0.2, -0.15) is 5.10 Å². The van der Waals surface area contributed by atoms with E-state index in [2.05, 4.69) is 25.7 Å². The number of aromatic nitrogens is 4. The van der Waals surface area contributed by atoms with Crippen molar-refractivity contribution >= 4 is 30.1 Å². The zero-order chi connectivity index (χ0) is 21.1. The Morgan fingerprint density at radius 2 is 1.91 bits per heavy atom. The summed E-state index contributed by atoms with van der Waals surface area (Å²) in [4.78, 5) is 14.0. The van der Waals surface area contributed by atoms with E-state index in [0.29, 0.717) is 24.2 Å². The first-order chi connectivity index (χ1) is 15.2. The van der Waals surface area contributed by atoms with Crippen LogP contribution in [-0.2, 0) is 4.74 Å². The summed E-state index contributed by atoms with van der Waals surface area (Å²) >= 11 is 0. The Balaban J connectivity index is 0.00000245. The monoisotopic (exact) mass is 460 g/mol. The fourth-order valence-electron chi connectivity index (χ4n) is 4.81. The molecule has 2 aromatic heterocycles. The van der Waals surface area contributed by atoms with Gasteiger partial charge in [0.25, 0.3) is 0 Å². The minimum Gasteiger partial charge on any atom is -0.473 e. The lowest BCUT2D eigenvalue weighted by atomic mass is 9.78. The predicted octanol–water partition coefficient (Wildman–Crippen LogP) is 4.01. The van der Waals surface area contributed by atoms with Crippen LogP contribution in [0.2, 0.25) is 0 Å². The van der Waals surface area contributed by atoms with Crippen molar-refractivity contribution in [2.24, 2.45) is 5.92 Å². The van der Waals surface area contributed by atoms with Crippen LogP contribution in [0.3, 0.4) is 0 Å². The molecule has 2 aromatic rings. The molecule has 172 valence electrons. The number of rotatable bonds is 6. The van der Waals surface area contributed by atoms with Gasteiger partial charge in [-0.15, -0.1) is 27.7 Å². The molecule has 32 heavy (non-hydrogen) atoms. The summed E-state index contributed by atoms with van der Waals surface area (Å²) in [6, 6.07) is 7.38. The minimum atomic E-state index is -0.413. The van der Waals surface area contributed by atoms with Crippen LogP contribution in [0, 0.1) is 5.92 Å². The van der Waals surface area contributed by atoms with Crippen LogP contribution in [0.25, 0.3) is 0 Å². The Morgan fingerprint density at radius 1 is 1.09 bits per heavy atom. The lowest BCUT2D eigenvalue weighted by molar-refractivity contribution is 0.0148. The molecule has 3 heterocycles. The minimum absolute atomic E-state index is 0. The molecule has 5 rings (SSSR count). The van der Waals surface area contributed by atoms with Gasteiger partial charge in [-0.25, -0.2) is 4.79 Å². The molecule has 9 nitrogen and oxygen atoms in total.